The van der Waals surface area contributed by atoms with Gasteiger partial charge in [-0.25, -0.2) is 0 Å². The molecule has 0 fully saturated rings. The van der Waals surface area contributed by atoms with Crippen LogP contribution in [0.3, 0.4) is 0 Å². The molecule has 0 radical (unpaired) electrons. The Morgan fingerprint density at radius 1 is 1.27 bits per heavy atom. The molecule has 0 spiro atoms. The van der Waals surface area contributed by atoms with Crippen molar-refractivity contribution in [1.29, 1.82) is 0 Å². The van der Waals surface area contributed by atoms with Gasteiger partial charge in [0.1, 0.15) is 0 Å². The summed E-state index contributed by atoms with van der Waals surface area (Å²) in [4.78, 5) is 1.35. The molecule has 0 unspecified atom stereocenters. The van der Waals surface area contributed by atoms with Gasteiger partial charge < -0.3 is 0 Å². The fourth-order valence-corrected chi connectivity index (χ4v) is 2.67. The van der Waals surface area contributed by atoms with Crippen LogP contribution in [0.15, 0.2) is 23.1 Å². The van der Waals surface area contributed by atoms with E-state index in [2.05, 4.69) is 29.9 Å². The Bertz CT molecular complexity index is 268. The minimum Gasteiger partial charge on any atom is -0.106 e. The van der Waals surface area contributed by atoms with E-state index in [-0.39, 0.29) is 0 Å². The van der Waals surface area contributed by atoms with E-state index in [4.69, 9.17) is 0 Å². The standard InChI is InChI=1S/C9H10S2/c10-11-9-6-2-4-7-3-1-5-8(7)9/h2,4,6,10H,1,3,5H2. The summed E-state index contributed by atoms with van der Waals surface area (Å²) in [5, 5.41) is 0. The summed E-state index contributed by atoms with van der Waals surface area (Å²) in [7, 11) is 1.57. The molecule has 0 N–H and O–H groups in total. The predicted octanol–water partition coefficient (Wildman–Crippen LogP) is 3.11. The molecular formula is C9H10S2. The number of hydrogen-bond donors (Lipinski definition) is 1. The fraction of sp³-hybridized carbons (Fsp3) is 0.333. The Balaban J connectivity index is 2.50. The van der Waals surface area contributed by atoms with Crippen molar-refractivity contribution >= 4 is 22.5 Å². The molecule has 0 atom stereocenters. The topological polar surface area (TPSA) is 0 Å². The van der Waals surface area contributed by atoms with Crippen molar-refractivity contribution in [1.82, 2.24) is 0 Å². The molecule has 0 aliphatic heterocycles. The van der Waals surface area contributed by atoms with E-state index in [0.29, 0.717) is 0 Å². The quantitative estimate of drug-likeness (QED) is 0.514. The second-order valence-electron chi connectivity index (χ2n) is 2.84. The lowest BCUT2D eigenvalue weighted by molar-refractivity contribution is 0.906. The van der Waals surface area contributed by atoms with Crippen LogP contribution >= 0.6 is 22.5 Å². The highest BCUT2D eigenvalue weighted by atomic mass is 33.1. The van der Waals surface area contributed by atoms with Crippen molar-refractivity contribution in [3.8, 4) is 0 Å². The first-order chi connectivity index (χ1) is 5.42. The molecule has 0 aromatic heterocycles. The minimum atomic E-state index is 1.25. The first-order valence-corrected chi connectivity index (χ1v) is 5.71. The summed E-state index contributed by atoms with van der Waals surface area (Å²) in [6.07, 6.45) is 3.83. The molecular weight excluding hydrogens is 172 g/mol. The van der Waals surface area contributed by atoms with Crippen molar-refractivity contribution in [2.24, 2.45) is 0 Å². The summed E-state index contributed by atoms with van der Waals surface area (Å²) in [5.41, 5.74) is 3.07. The van der Waals surface area contributed by atoms with E-state index in [1.165, 1.54) is 35.3 Å². The Morgan fingerprint density at radius 2 is 2.18 bits per heavy atom. The van der Waals surface area contributed by atoms with Crippen molar-refractivity contribution < 1.29 is 0 Å². The van der Waals surface area contributed by atoms with Crippen LogP contribution in [0.1, 0.15) is 17.5 Å². The van der Waals surface area contributed by atoms with E-state index >= 15 is 0 Å². The zero-order valence-electron chi connectivity index (χ0n) is 6.21. The van der Waals surface area contributed by atoms with Crippen LogP contribution in [0.4, 0.5) is 0 Å². The molecule has 1 aromatic carbocycles. The second-order valence-corrected chi connectivity index (χ2v) is 4.01. The van der Waals surface area contributed by atoms with Gasteiger partial charge >= 0.3 is 0 Å². The van der Waals surface area contributed by atoms with Crippen LogP contribution in [0.25, 0.3) is 0 Å². The summed E-state index contributed by atoms with van der Waals surface area (Å²) >= 11 is 4.23. The smallest absolute Gasteiger partial charge is 0.0215 e. The first kappa shape index (κ1) is 7.56. The Labute approximate surface area is 76.2 Å². The molecule has 0 heterocycles. The summed E-state index contributed by atoms with van der Waals surface area (Å²) < 4.78 is 0. The minimum absolute atomic E-state index is 1.25. The monoisotopic (exact) mass is 182 g/mol. The molecule has 1 aromatic rings. The van der Waals surface area contributed by atoms with Crippen LogP contribution in [-0.2, 0) is 12.8 Å². The van der Waals surface area contributed by atoms with Gasteiger partial charge in [-0.05, 0) is 36.5 Å². The van der Waals surface area contributed by atoms with Gasteiger partial charge in [0.25, 0.3) is 0 Å². The maximum atomic E-state index is 4.23. The molecule has 0 amide bonds. The molecule has 58 valence electrons. The normalized spacial score (nSPS) is 15.0. The molecule has 0 bridgehead atoms. The molecule has 2 rings (SSSR count). The van der Waals surface area contributed by atoms with E-state index in [1.807, 2.05) is 0 Å². The largest absolute Gasteiger partial charge is 0.106 e. The van der Waals surface area contributed by atoms with Crippen LogP contribution in [0.2, 0.25) is 0 Å². The molecule has 0 saturated heterocycles. The van der Waals surface area contributed by atoms with Gasteiger partial charge in [-0.3, -0.25) is 0 Å². The lowest BCUT2D eigenvalue weighted by atomic mass is 10.1. The van der Waals surface area contributed by atoms with Crippen molar-refractivity contribution in [3.05, 3.63) is 29.3 Å². The summed E-state index contributed by atoms with van der Waals surface area (Å²) in [5.74, 6) is 0. The molecule has 1 aliphatic carbocycles. The van der Waals surface area contributed by atoms with E-state index in [1.54, 1.807) is 10.8 Å². The Hall–Kier alpha value is -0.0800. The van der Waals surface area contributed by atoms with Gasteiger partial charge in [-0.2, -0.15) is 0 Å². The Morgan fingerprint density at radius 3 is 3.00 bits per heavy atom. The van der Waals surface area contributed by atoms with Gasteiger partial charge in [-0.15, -0.1) is 11.7 Å². The zero-order chi connectivity index (χ0) is 7.68. The average molecular weight is 182 g/mol. The third-order valence-electron chi connectivity index (χ3n) is 2.20. The van der Waals surface area contributed by atoms with Gasteiger partial charge in [0.05, 0.1) is 0 Å². The van der Waals surface area contributed by atoms with Gasteiger partial charge in [0, 0.05) is 4.90 Å². The molecule has 2 heteroatoms. The van der Waals surface area contributed by atoms with Crippen molar-refractivity contribution in [3.63, 3.8) is 0 Å². The highest BCUT2D eigenvalue weighted by molar-refractivity contribution is 8.68. The maximum Gasteiger partial charge on any atom is 0.0215 e. The van der Waals surface area contributed by atoms with E-state index in [9.17, 15) is 0 Å². The third kappa shape index (κ3) is 1.30. The van der Waals surface area contributed by atoms with Crippen LogP contribution in [-0.4, -0.2) is 0 Å². The lowest BCUT2D eigenvalue weighted by Crippen LogP contribution is -1.83. The number of benzene rings is 1. The fourth-order valence-electron chi connectivity index (χ4n) is 1.67. The summed E-state index contributed by atoms with van der Waals surface area (Å²) in [6.45, 7) is 0. The number of rotatable bonds is 1. The van der Waals surface area contributed by atoms with E-state index in [0.717, 1.165) is 0 Å². The molecule has 1 aliphatic rings. The van der Waals surface area contributed by atoms with Gasteiger partial charge in [0.15, 0.2) is 0 Å². The van der Waals surface area contributed by atoms with Crippen LogP contribution in [0.5, 0.6) is 0 Å². The molecule has 0 nitrogen and oxygen atoms in total. The van der Waals surface area contributed by atoms with Gasteiger partial charge in [0.2, 0.25) is 0 Å². The number of aryl methyl sites for hydroxylation is 1. The first-order valence-electron chi connectivity index (χ1n) is 3.84. The van der Waals surface area contributed by atoms with Crippen molar-refractivity contribution in [2.45, 2.75) is 24.2 Å². The zero-order valence-corrected chi connectivity index (χ0v) is 7.92. The number of thiol groups is 1. The second kappa shape index (κ2) is 3.11. The number of hydrogen-bond acceptors (Lipinski definition) is 2. The predicted molar refractivity (Wildman–Crippen MR) is 53.3 cm³/mol. The highest BCUT2D eigenvalue weighted by Gasteiger charge is 2.13. The van der Waals surface area contributed by atoms with Crippen LogP contribution in [0, 0.1) is 0 Å². The van der Waals surface area contributed by atoms with E-state index < -0.39 is 0 Å². The average Bonchev–Trinajstić information content (AvgIpc) is 2.50. The highest BCUT2D eigenvalue weighted by Crippen LogP contribution is 2.32. The molecule has 11 heavy (non-hydrogen) atoms. The van der Waals surface area contributed by atoms with Crippen molar-refractivity contribution in [2.75, 3.05) is 0 Å². The SMILES string of the molecule is SSc1cccc2c1CCC2. The van der Waals surface area contributed by atoms with Crippen LogP contribution < -0.4 is 0 Å². The summed E-state index contributed by atoms with van der Waals surface area (Å²) in [6, 6.07) is 6.51. The third-order valence-corrected chi connectivity index (χ3v) is 3.37. The van der Waals surface area contributed by atoms with Gasteiger partial charge in [-0.1, -0.05) is 22.9 Å². The Kier molecular flexibility index (Phi) is 2.14. The molecule has 0 saturated carbocycles. The maximum absolute atomic E-state index is 4.23. The number of fused-ring (bicyclic) bond motifs is 1. The lowest BCUT2D eigenvalue weighted by Gasteiger charge is -2.02.